The standard InChI is InChI=1S/C15H11F4N3O/c16-12-4-1-5-13(10(12)9-20)21-7-8-23-14-11(15(17,18)19)3-2-6-22-14/h1-6,21H,7-8H2. The van der Waals surface area contributed by atoms with E-state index in [1.54, 1.807) is 6.07 Å². The lowest BCUT2D eigenvalue weighted by Gasteiger charge is -2.13. The van der Waals surface area contributed by atoms with Gasteiger partial charge in [0.2, 0.25) is 5.88 Å². The minimum absolute atomic E-state index is 0.0754. The lowest BCUT2D eigenvalue weighted by atomic mass is 10.2. The van der Waals surface area contributed by atoms with Gasteiger partial charge >= 0.3 is 6.18 Å². The second-order valence-corrected chi connectivity index (χ2v) is 4.40. The number of benzene rings is 1. The van der Waals surface area contributed by atoms with Gasteiger partial charge in [0, 0.05) is 12.7 Å². The maximum Gasteiger partial charge on any atom is 0.421 e. The van der Waals surface area contributed by atoms with Crippen LogP contribution in [-0.4, -0.2) is 18.1 Å². The Bertz CT molecular complexity index is 725. The van der Waals surface area contributed by atoms with Gasteiger partial charge in [0.05, 0.1) is 5.69 Å². The summed E-state index contributed by atoms with van der Waals surface area (Å²) in [6.45, 7) is -0.0620. The Morgan fingerprint density at radius 3 is 2.70 bits per heavy atom. The third-order valence-corrected chi connectivity index (χ3v) is 2.86. The van der Waals surface area contributed by atoms with Gasteiger partial charge < -0.3 is 10.1 Å². The fourth-order valence-electron chi connectivity index (χ4n) is 1.84. The van der Waals surface area contributed by atoms with E-state index in [9.17, 15) is 17.6 Å². The number of hydrogen-bond donors (Lipinski definition) is 1. The molecule has 0 saturated carbocycles. The van der Waals surface area contributed by atoms with Gasteiger partial charge in [0.15, 0.2) is 0 Å². The molecule has 0 aliphatic rings. The highest BCUT2D eigenvalue weighted by Crippen LogP contribution is 2.34. The van der Waals surface area contributed by atoms with Crippen LogP contribution in [0.25, 0.3) is 0 Å². The van der Waals surface area contributed by atoms with Gasteiger partial charge in [-0.05, 0) is 24.3 Å². The predicted molar refractivity (Wildman–Crippen MR) is 74.3 cm³/mol. The van der Waals surface area contributed by atoms with Gasteiger partial charge in [-0.3, -0.25) is 0 Å². The average molecular weight is 325 g/mol. The monoisotopic (exact) mass is 325 g/mol. The Kier molecular flexibility index (Phi) is 5.01. The highest BCUT2D eigenvalue weighted by Gasteiger charge is 2.34. The minimum Gasteiger partial charge on any atom is -0.475 e. The molecular weight excluding hydrogens is 314 g/mol. The Balaban J connectivity index is 1.98. The fraction of sp³-hybridized carbons (Fsp3) is 0.200. The molecule has 2 aromatic rings. The van der Waals surface area contributed by atoms with Crippen LogP contribution in [0.5, 0.6) is 5.88 Å². The normalized spacial score (nSPS) is 10.9. The zero-order valence-corrected chi connectivity index (χ0v) is 11.7. The average Bonchev–Trinajstić information content (AvgIpc) is 2.51. The van der Waals surface area contributed by atoms with Crippen LogP contribution in [-0.2, 0) is 6.18 Å². The van der Waals surface area contributed by atoms with Crippen molar-refractivity contribution >= 4 is 5.69 Å². The van der Waals surface area contributed by atoms with E-state index in [4.69, 9.17) is 10.00 Å². The molecule has 4 nitrogen and oxygen atoms in total. The summed E-state index contributed by atoms with van der Waals surface area (Å²) in [4.78, 5) is 3.56. The maximum absolute atomic E-state index is 13.4. The molecule has 2 rings (SSSR count). The summed E-state index contributed by atoms with van der Waals surface area (Å²) in [5.41, 5.74) is -0.891. The third-order valence-electron chi connectivity index (χ3n) is 2.86. The lowest BCUT2D eigenvalue weighted by Crippen LogP contribution is -2.16. The highest BCUT2D eigenvalue weighted by molar-refractivity contribution is 5.57. The van der Waals surface area contributed by atoms with Crippen molar-refractivity contribution in [3.05, 3.63) is 53.5 Å². The second-order valence-electron chi connectivity index (χ2n) is 4.40. The quantitative estimate of drug-likeness (QED) is 0.674. The molecule has 1 aromatic carbocycles. The highest BCUT2D eigenvalue weighted by atomic mass is 19.4. The van der Waals surface area contributed by atoms with E-state index in [0.29, 0.717) is 0 Å². The van der Waals surface area contributed by atoms with Crippen molar-refractivity contribution in [1.29, 1.82) is 5.26 Å². The molecule has 0 amide bonds. The number of ether oxygens (including phenoxy) is 1. The number of nitrogens with one attached hydrogen (secondary N) is 1. The molecule has 0 spiro atoms. The van der Waals surface area contributed by atoms with E-state index in [2.05, 4.69) is 10.3 Å². The molecule has 0 aliphatic carbocycles. The van der Waals surface area contributed by atoms with Gasteiger partial charge in [-0.2, -0.15) is 18.4 Å². The molecule has 1 aromatic heterocycles. The number of alkyl halides is 3. The van der Waals surface area contributed by atoms with E-state index in [-0.39, 0.29) is 24.4 Å². The van der Waals surface area contributed by atoms with Crippen LogP contribution in [0.15, 0.2) is 36.5 Å². The molecule has 23 heavy (non-hydrogen) atoms. The molecule has 0 saturated heterocycles. The van der Waals surface area contributed by atoms with Crippen LogP contribution in [0.4, 0.5) is 23.2 Å². The Hall–Kier alpha value is -2.82. The minimum atomic E-state index is -4.56. The van der Waals surface area contributed by atoms with E-state index in [0.717, 1.165) is 12.1 Å². The molecular formula is C15H11F4N3O. The molecule has 8 heteroatoms. The number of rotatable bonds is 5. The summed E-state index contributed by atoms with van der Waals surface area (Å²) in [5, 5.41) is 11.6. The van der Waals surface area contributed by atoms with Gasteiger partial charge in [0.1, 0.15) is 29.6 Å². The summed E-state index contributed by atoms with van der Waals surface area (Å²) in [5.74, 6) is -1.20. The molecule has 0 fully saturated rings. The topological polar surface area (TPSA) is 57.9 Å². The SMILES string of the molecule is N#Cc1c(F)cccc1NCCOc1ncccc1C(F)(F)F. The van der Waals surface area contributed by atoms with Crippen molar-refractivity contribution in [3.63, 3.8) is 0 Å². The van der Waals surface area contributed by atoms with Gasteiger partial charge in [-0.1, -0.05) is 6.07 Å². The molecule has 0 atom stereocenters. The van der Waals surface area contributed by atoms with E-state index >= 15 is 0 Å². The maximum atomic E-state index is 13.4. The Morgan fingerprint density at radius 1 is 1.22 bits per heavy atom. The van der Waals surface area contributed by atoms with Crippen LogP contribution in [0, 0.1) is 17.1 Å². The molecule has 120 valence electrons. The largest absolute Gasteiger partial charge is 0.475 e. The number of hydrogen-bond acceptors (Lipinski definition) is 4. The Labute approximate surface area is 129 Å². The molecule has 1 N–H and O–H groups in total. The van der Waals surface area contributed by atoms with E-state index in [1.165, 1.54) is 24.4 Å². The van der Waals surface area contributed by atoms with Crippen LogP contribution in [0.3, 0.4) is 0 Å². The summed E-state index contributed by atoms with van der Waals surface area (Å²) >= 11 is 0. The number of pyridine rings is 1. The summed E-state index contributed by atoms with van der Waals surface area (Å²) < 4.78 is 56.7. The van der Waals surface area contributed by atoms with Crippen molar-refractivity contribution < 1.29 is 22.3 Å². The number of anilines is 1. The van der Waals surface area contributed by atoms with E-state index in [1.807, 2.05) is 0 Å². The van der Waals surface area contributed by atoms with Crippen LogP contribution < -0.4 is 10.1 Å². The van der Waals surface area contributed by atoms with Gasteiger partial charge in [0.25, 0.3) is 0 Å². The third kappa shape index (κ3) is 4.10. The molecule has 0 unspecified atom stereocenters. The second kappa shape index (κ2) is 6.96. The number of nitrogens with zero attached hydrogens (tertiary/aromatic N) is 2. The summed E-state index contributed by atoms with van der Waals surface area (Å²) in [6, 6.07) is 7.80. The van der Waals surface area contributed by atoms with Crippen molar-refractivity contribution in [3.8, 4) is 11.9 Å². The first-order chi connectivity index (χ1) is 10.9. The first kappa shape index (κ1) is 16.5. The van der Waals surface area contributed by atoms with Crippen molar-refractivity contribution in [1.82, 2.24) is 4.98 Å². The summed E-state index contributed by atoms with van der Waals surface area (Å²) in [7, 11) is 0. The molecule has 0 radical (unpaired) electrons. The Morgan fingerprint density at radius 2 is 2.00 bits per heavy atom. The summed E-state index contributed by atoms with van der Waals surface area (Å²) in [6.07, 6.45) is -3.37. The first-order valence-corrected chi connectivity index (χ1v) is 6.51. The smallest absolute Gasteiger partial charge is 0.421 e. The van der Waals surface area contributed by atoms with E-state index < -0.39 is 23.4 Å². The van der Waals surface area contributed by atoms with Gasteiger partial charge in [-0.25, -0.2) is 9.37 Å². The fourth-order valence-corrected chi connectivity index (χ4v) is 1.84. The van der Waals surface area contributed by atoms with Crippen molar-refractivity contribution in [2.24, 2.45) is 0 Å². The number of aromatic nitrogens is 1. The predicted octanol–water partition coefficient (Wildman–Crippen LogP) is 3.60. The van der Waals surface area contributed by atoms with Crippen LogP contribution in [0.2, 0.25) is 0 Å². The first-order valence-electron chi connectivity index (χ1n) is 6.51. The van der Waals surface area contributed by atoms with Gasteiger partial charge in [-0.15, -0.1) is 0 Å². The zero-order valence-electron chi connectivity index (χ0n) is 11.7. The number of halogens is 4. The number of nitriles is 1. The van der Waals surface area contributed by atoms with Crippen LogP contribution in [0.1, 0.15) is 11.1 Å². The molecule has 1 heterocycles. The van der Waals surface area contributed by atoms with Crippen LogP contribution >= 0.6 is 0 Å². The lowest BCUT2D eigenvalue weighted by molar-refractivity contribution is -0.139. The molecule has 0 bridgehead atoms. The molecule has 0 aliphatic heterocycles. The van der Waals surface area contributed by atoms with Crippen molar-refractivity contribution in [2.45, 2.75) is 6.18 Å². The zero-order chi connectivity index (χ0) is 16.9. The van der Waals surface area contributed by atoms with Crippen molar-refractivity contribution in [2.75, 3.05) is 18.5 Å².